The van der Waals surface area contributed by atoms with Gasteiger partial charge < -0.3 is 19.9 Å². The summed E-state index contributed by atoms with van der Waals surface area (Å²) in [6.07, 6.45) is 1.07. The molecule has 2 N–H and O–H groups in total. The van der Waals surface area contributed by atoms with Gasteiger partial charge in [-0.2, -0.15) is 0 Å². The molecule has 0 aliphatic carbocycles. The molecule has 150 valence electrons. The largest absolute Gasteiger partial charge is 0.497 e. The minimum absolute atomic E-state index is 0.0562. The number of nitro groups is 1. The summed E-state index contributed by atoms with van der Waals surface area (Å²) >= 11 is 0. The maximum absolute atomic E-state index is 12.3. The number of aliphatic hydroxyl groups is 1. The summed E-state index contributed by atoms with van der Waals surface area (Å²) < 4.78 is 10.7. The van der Waals surface area contributed by atoms with Crippen molar-refractivity contribution >= 4 is 23.2 Å². The zero-order valence-corrected chi connectivity index (χ0v) is 15.3. The molecule has 0 fully saturated rings. The van der Waals surface area contributed by atoms with Crippen LogP contribution in [0.15, 0.2) is 54.2 Å². The first kappa shape index (κ1) is 19.8. The van der Waals surface area contributed by atoms with Gasteiger partial charge in [-0.1, -0.05) is 0 Å². The number of nitrogens with one attached hydrogen (secondary N) is 1. The maximum Gasteiger partial charge on any atom is 0.277 e. The quantitative estimate of drug-likeness (QED) is 0.392. The number of rotatable bonds is 8. The molecule has 1 aliphatic heterocycles. The second-order valence-corrected chi connectivity index (χ2v) is 5.95. The number of carbonyl (C=O) groups is 2. The number of aliphatic hydroxyl groups excluding tert-OH is 1. The summed E-state index contributed by atoms with van der Waals surface area (Å²) in [5.74, 6) is 0.0107. The zero-order valence-electron chi connectivity index (χ0n) is 15.3. The smallest absolute Gasteiger partial charge is 0.277 e. The van der Waals surface area contributed by atoms with Crippen LogP contribution in [0.25, 0.3) is 0 Å². The minimum Gasteiger partial charge on any atom is -0.497 e. The van der Waals surface area contributed by atoms with Crippen LogP contribution in [0, 0.1) is 10.1 Å². The van der Waals surface area contributed by atoms with Crippen molar-refractivity contribution in [2.75, 3.05) is 25.6 Å². The molecular formula is C19H17N3O7. The first-order valence-electron chi connectivity index (χ1n) is 8.48. The second-order valence-electron chi connectivity index (χ2n) is 5.95. The van der Waals surface area contributed by atoms with Gasteiger partial charge in [-0.3, -0.25) is 24.6 Å². The average Bonchev–Trinajstić information content (AvgIpc) is 2.96. The van der Waals surface area contributed by atoms with Gasteiger partial charge in [0.15, 0.2) is 0 Å². The van der Waals surface area contributed by atoms with Crippen LogP contribution in [0.5, 0.6) is 17.2 Å². The highest BCUT2D eigenvalue weighted by molar-refractivity contribution is 6.17. The highest BCUT2D eigenvalue weighted by Crippen LogP contribution is 2.31. The molecule has 2 amide bonds. The molecule has 2 aromatic carbocycles. The number of nitrogens with zero attached hydrogens (tertiary/aromatic N) is 2. The number of non-ortho nitro benzene ring substituents is 1. The van der Waals surface area contributed by atoms with E-state index in [1.165, 1.54) is 25.3 Å². The molecular weight excluding hydrogens is 382 g/mol. The molecule has 3 rings (SSSR count). The van der Waals surface area contributed by atoms with Crippen LogP contribution < -0.4 is 14.8 Å². The molecule has 10 nitrogen and oxygen atoms in total. The third kappa shape index (κ3) is 4.50. The van der Waals surface area contributed by atoms with E-state index >= 15 is 0 Å². The normalized spacial score (nSPS) is 13.3. The van der Waals surface area contributed by atoms with Gasteiger partial charge in [0, 0.05) is 23.9 Å². The summed E-state index contributed by atoms with van der Waals surface area (Å²) in [6.45, 7) is -0.505. The number of benzene rings is 2. The number of imide groups is 1. The lowest BCUT2D eigenvalue weighted by Crippen LogP contribution is -2.34. The Morgan fingerprint density at radius 3 is 2.41 bits per heavy atom. The van der Waals surface area contributed by atoms with Crippen LogP contribution in [-0.2, 0) is 9.59 Å². The van der Waals surface area contributed by atoms with Gasteiger partial charge in [-0.05, 0) is 24.3 Å². The SMILES string of the molecule is COc1ccc(Oc2cc(NC3=CC(=O)N(CCO)C3=O)cc([N+](=O)[O-])c2)cc1. The summed E-state index contributed by atoms with van der Waals surface area (Å²) in [7, 11) is 1.53. The third-order valence-corrected chi connectivity index (χ3v) is 4.01. The fourth-order valence-electron chi connectivity index (χ4n) is 2.67. The number of methoxy groups -OCH3 is 1. The van der Waals surface area contributed by atoms with Crippen molar-refractivity contribution in [1.29, 1.82) is 0 Å². The van der Waals surface area contributed by atoms with Gasteiger partial charge >= 0.3 is 0 Å². The predicted octanol–water partition coefficient (Wildman–Crippen LogP) is 2.05. The molecule has 0 spiro atoms. The fourth-order valence-corrected chi connectivity index (χ4v) is 2.67. The lowest BCUT2D eigenvalue weighted by Gasteiger charge is -2.14. The van der Waals surface area contributed by atoms with E-state index in [2.05, 4.69) is 5.32 Å². The van der Waals surface area contributed by atoms with Crippen LogP contribution >= 0.6 is 0 Å². The van der Waals surface area contributed by atoms with Gasteiger partial charge in [-0.25, -0.2) is 0 Å². The zero-order chi connectivity index (χ0) is 21.0. The van der Waals surface area contributed by atoms with Crippen LogP contribution in [0.3, 0.4) is 0 Å². The van der Waals surface area contributed by atoms with Gasteiger partial charge in [0.25, 0.3) is 17.5 Å². The Bertz CT molecular complexity index is 986. The number of hydrogen-bond acceptors (Lipinski definition) is 8. The van der Waals surface area contributed by atoms with Gasteiger partial charge in [0.2, 0.25) is 0 Å². The second kappa shape index (κ2) is 8.40. The fraction of sp³-hybridized carbons (Fsp3) is 0.158. The molecule has 1 heterocycles. The Labute approximate surface area is 165 Å². The van der Waals surface area contributed by atoms with E-state index in [1.54, 1.807) is 24.3 Å². The van der Waals surface area contributed by atoms with Crippen LogP contribution in [0.4, 0.5) is 11.4 Å². The molecule has 0 unspecified atom stereocenters. The highest BCUT2D eigenvalue weighted by Gasteiger charge is 2.30. The van der Waals surface area contributed by atoms with E-state index < -0.39 is 16.7 Å². The van der Waals surface area contributed by atoms with Crippen molar-refractivity contribution in [1.82, 2.24) is 4.90 Å². The average molecular weight is 399 g/mol. The minimum atomic E-state index is -0.631. The highest BCUT2D eigenvalue weighted by atomic mass is 16.6. The molecule has 0 atom stereocenters. The van der Waals surface area contributed by atoms with E-state index in [0.29, 0.717) is 11.5 Å². The lowest BCUT2D eigenvalue weighted by molar-refractivity contribution is -0.384. The van der Waals surface area contributed by atoms with E-state index in [9.17, 15) is 19.7 Å². The summed E-state index contributed by atoms with van der Waals surface area (Å²) in [6, 6.07) is 10.5. The third-order valence-electron chi connectivity index (χ3n) is 4.01. The van der Waals surface area contributed by atoms with Crippen LogP contribution in [-0.4, -0.2) is 47.0 Å². The van der Waals surface area contributed by atoms with Gasteiger partial charge in [0.05, 0.1) is 31.3 Å². The number of nitro benzene ring substituents is 1. The van der Waals surface area contributed by atoms with Gasteiger partial charge in [-0.15, -0.1) is 0 Å². The van der Waals surface area contributed by atoms with E-state index in [1.807, 2.05) is 0 Å². The molecule has 0 aromatic heterocycles. The molecule has 10 heteroatoms. The van der Waals surface area contributed by atoms with Crippen molar-refractivity contribution in [3.05, 3.63) is 64.4 Å². The van der Waals surface area contributed by atoms with Crippen LogP contribution in [0.1, 0.15) is 0 Å². The predicted molar refractivity (Wildman–Crippen MR) is 102 cm³/mol. The first-order valence-corrected chi connectivity index (χ1v) is 8.48. The molecule has 2 aromatic rings. The Hall–Kier alpha value is -3.92. The van der Waals surface area contributed by atoms with Gasteiger partial charge in [0.1, 0.15) is 22.9 Å². The number of hydrogen-bond donors (Lipinski definition) is 2. The molecule has 0 bridgehead atoms. The first-order chi connectivity index (χ1) is 13.9. The summed E-state index contributed by atoms with van der Waals surface area (Å²) in [5.41, 5.74) is -0.122. The molecule has 29 heavy (non-hydrogen) atoms. The van der Waals surface area contributed by atoms with E-state index in [-0.39, 0.29) is 36.0 Å². The topological polar surface area (TPSA) is 131 Å². The number of carbonyl (C=O) groups excluding carboxylic acids is 2. The van der Waals surface area contributed by atoms with E-state index in [4.69, 9.17) is 14.6 Å². The Morgan fingerprint density at radius 1 is 1.10 bits per heavy atom. The number of ether oxygens (including phenoxy) is 2. The number of amides is 2. The Kier molecular flexibility index (Phi) is 5.74. The van der Waals surface area contributed by atoms with Crippen LogP contribution in [0.2, 0.25) is 0 Å². The molecule has 1 aliphatic rings. The van der Waals surface area contributed by atoms with Crippen molar-refractivity contribution in [2.45, 2.75) is 0 Å². The van der Waals surface area contributed by atoms with E-state index in [0.717, 1.165) is 11.0 Å². The standard InChI is InChI=1S/C19H17N3O7/c1-28-14-2-4-15(5-3-14)29-16-9-12(8-13(10-16)22(26)27)20-17-11-18(24)21(6-7-23)19(17)25/h2-5,8-11,20,23H,6-7H2,1H3. The van der Waals surface area contributed by atoms with Crippen molar-refractivity contribution in [3.8, 4) is 17.2 Å². The molecule has 0 saturated carbocycles. The molecule has 0 saturated heterocycles. The molecule has 0 radical (unpaired) electrons. The number of anilines is 1. The Balaban J connectivity index is 1.85. The number of β-amino-alcohol motifs (C(OH)–C–C–N with tert-alkyl or cyclic N) is 1. The van der Waals surface area contributed by atoms with Crippen molar-refractivity contribution < 1.29 is 29.1 Å². The van der Waals surface area contributed by atoms with Crippen molar-refractivity contribution in [3.63, 3.8) is 0 Å². The summed E-state index contributed by atoms with van der Waals surface area (Å²) in [5, 5.41) is 22.9. The summed E-state index contributed by atoms with van der Waals surface area (Å²) in [4.78, 5) is 35.6. The Morgan fingerprint density at radius 2 is 1.79 bits per heavy atom. The monoisotopic (exact) mass is 399 g/mol. The maximum atomic E-state index is 12.3. The lowest BCUT2D eigenvalue weighted by atomic mass is 10.2. The van der Waals surface area contributed by atoms with Crippen molar-refractivity contribution in [2.24, 2.45) is 0 Å².